The fourth-order valence-electron chi connectivity index (χ4n) is 3.23. The fraction of sp³-hybridized carbons (Fsp3) is 0.263. The Morgan fingerprint density at radius 3 is 2.40 bits per heavy atom. The lowest BCUT2D eigenvalue weighted by atomic mass is 9.89. The van der Waals surface area contributed by atoms with E-state index in [9.17, 15) is 14.7 Å². The second-order valence-corrected chi connectivity index (χ2v) is 7.00. The Balaban J connectivity index is 1.75. The molecular formula is C19H17Cl2NO3. The first-order chi connectivity index (χ1) is 12.0. The van der Waals surface area contributed by atoms with Gasteiger partial charge >= 0.3 is 5.97 Å². The number of likely N-dealkylation sites (tertiary alicyclic amines) is 1. The fourth-order valence-corrected chi connectivity index (χ4v) is 3.55. The molecular weight excluding hydrogens is 361 g/mol. The number of halogens is 2. The maximum Gasteiger partial charge on any atom is 0.308 e. The molecule has 130 valence electrons. The van der Waals surface area contributed by atoms with Crippen LogP contribution in [0, 0.1) is 5.92 Å². The van der Waals surface area contributed by atoms with Crippen molar-refractivity contribution in [3.8, 4) is 0 Å². The van der Waals surface area contributed by atoms with Crippen LogP contribution in [0.15, 0.2) is 48.5 Å². The number of carboxylic acid groups (broad SMARTS) is 1. The summed E-state index contributed by atoms with van der Waals surface area (Å²) in [4.78, 5) is 25.9. The van der Waals surface area contributed by atoms with E-state index >= 15 is 0 Å². The molecule has 2 atom stereocenters. The van der Waals surface area contributed by atoms with E-state index in [-0.39, 0.29) is 24.8 Å². The summed E-state index contributed by atoms with van der Waals surface area (Å²) in [5.74, 6) is -1.78. The molecule has 4 nitrogen and oxygen atoms in total. The number of nitrogens with zero attached hydrogens (tertiary/aromatic N) is 1. The maximum atomic E-state index is 12.6. The van der Waals surface area contributed by atoms with Gasteiger partial charge in [0.2, 0.25) is 5.91 Å². The summed E-state index contributed by atoms with van der Waals surface area (Å²) in [6, 6.07) is 14.6. The average Bonchev–Trinajstić information content (AvgIpc) is 3.05. The number of rotatable bonds is 4. The number of carboxylic acids is 1. The van der Waals surface area contributed by atoms with Gasteiger partial charge in [-0.3, -0.25) is 9.59 Å². The van der Waals surface area contributed by atoms with Gasteiger partial charge in [0.05, 0.1) is 22.4 Å². The summed E-state index contributed by atoms with van der Waals surface area (Å²) in [6.07, 6.45) is 0.171. The topological polar surface area (TPSA) is 57.6 Å². The van der Waals surface area contributed by atoms with Gasteiger partial charge in [-0.25, -0.2) is 0 Å². The molecule has 0 radical (unpaired) electrons. The summed E-state index contributed by atoms with van der Waals surface area (Å²) in [5.41, 5.74) is 1.70. The van der Waals surface area contributed by atoms with Crippen molar-refractivity contribution in [2.24, 2.45) is 5.92 Å². The number of benzene rings is 2. The van der Waals surface area contributed by atoms with Gasteiger partial charge in [-0.1, -0.05) is 59.6 Å². The van der Waals surface area contributed by atoms with Crippen molar-refractivity contribution >= 4 is 35.1 Å². The summed E-state index contributed by atoms with van der Waals surface area (Å²) in [7, 11) is 0. The highest BCUT2D eigenvalue weighted by molar-refractivity contribution is 6.42. The van der Waals surface area contributed by atoms with E-state index in [0.29, 0.717) is 16.6 Å². The molecule has 0 unspecified atom stereocenters. The summed E-state index contributed by atoms with van der Waals surface area (Å²) < 4.78 is 0. The van der Waals surface area contributed by atoms with Crippen molar-refractivity contribution in [1.82, 2.24) is 4.90 Å². The third kappa shape index (κ3) is 3.97. The number of carbonyl (C=O) groups is 2. The Morgan fingerprint density at radius 2 is 1.76 bits per heavy atom. The van der Waals surface area contributed by atoms with Crippen LogP contribution < -0.4 is 0 Å². The Bertz CT molecular complexity index is 795. The van der Waals surface area contributed by atoms with E-state index in [0.717, 1.165) is 11.1 Å². The van der Waals surface area contributed by atoms with Crippen molar-refractivity contribution in [2.45, 2.75) is 12.3 Å². The first kappa shape index (κ1) is 17.8. The normalized spacial score (nSPS) is 19.8. The van der Waals surface area contributed by atoms with Gasteiger partial charge in [0.1, 0.15) is 0 Å². The van der Waals surface area contributed by atoms with Gasteiger partial charge in [-0.2, -0.15) is 0 Å². The highest BCUT2D eigenvalue weighted by Gasteiger charge is 2.40. The maximum absolute atomic E-state index is 12.6. The zero-order valence-electron chi connectivity index (χ0n) is 13.4. The van der Waals surface area contributed by atoms with Crippen LogP contribution in [-0.4, -0.2) is 35.0 Å². The zero-order valence-corrected chi connectivity index (χ0v) is 14.9. The Labute approximate surface area is 156 Å². The van der Waals surface area contributed by atoms with Gasteiger partial charge in [0.15, 0.2) is 0 Å². The van der Waals surface area contributed by atoms with Gasteiger partial charge in [-0.15, -0.1) is 0 Å². The summed E-state index contributed by atoms with van der Waals surface area (Å²) >= 11 is 11.9. The molecule has 2 aromatic rings. The molecule has 0 saturated carbocycles. The molecule has 1 aliphatic rings. The van der Waals surface area contributed by atoms with E-state index in [4.69, 9.17) is 23.2 Å². The molecule has 1 aliphatic heterocycles. The first-order valence-corrected chi connectivity index (χ1v) is 8.70. The molecule has 2 aromatic carbocycles. The van der Waals surface area contributed by atoms with Crippen molar-refractivity contribution in [3.05, 3.63) is 69.7 Å². The van der Waals surface area contributed by atoms with E-state index in [2.05, 4.69) is 0 Å². The Hall–Kier alpha value is -2.04. The second-order valence-electron chi connectivity index (χ2n) is 6.19. The van der Waals surface area contributed by atoms with Gasteiger partial charge in [0, 0.05) is 19.0 Å². The quantitative estimate of drug-likeness (QED) is 0.879. The number of amides is 1. The van der Waals surface area contributed by atoms with Crippen LogP contribution in [0.3, 0.4) is 0 Å². The molecule has 0 bridgehead atoms. The second kappa shape index (κ2) is 7.46. The highest BCUT2D eigenvalue weighted by atomic mass is 35.5. The minimum Gasteiger partial charge on any atom is -0.481 e. The molecule has 0 aliphatic carbocycles. The average molecular weight is 378 g/mol. The van der Waals surface area contributed by atoms with Crippen LogP contribution in [0.2, 0.25) is 10.0 Å². The monoisotopic (exact) mass is 377 g/mol. The standard InChI is InChI=1S/C19H17Cl2NO3/c20-16-7-6-12(8-17(16)21)9-18(23)22-10-14(15(11-22)19(24)25)13-4-2-1-3-5-13/h1-8,14-15H,9-11H2,(H,24,25)/t14-,15-/m1/s1. The van der Waals surface area contributed by atoms with Crippen LogP contribution in [-0.2, 0) is 16.0 Å². The minimum absolute atomic E-state index is 0.108. The smallest absolute Gasteiger partial charge is 0.308 e. The molecule has 1 heterocycles. The zero-order chi connectivity index (χ0) is 18.0. The van der Waals surface area contributed by atoms with Crippen LogP contribution >= 0.6 is 23.2 Å². The van der Waals surface area contributed by atoms with Gasteiger partial charge < -0.3 is 10.0 Å². The van der Waals surface area contributed by atoms with Crippen molar-refractivity contribution in [3.63, 3.8) is 0 Å². The number of aliphatic carboxylic acids is 1. The molecule has 3 rings (SSSR count). The minimum atomic E-state index is -0.876. The Morgan fingerprint density at radius 1 is 1.04 bits per heavy atom. The van der Waals surface area contributed by atoms with Crippen LogP contribution in [0.4, 0.5) is 0 Å². The molecule has 1 amide bonds. The van der Waals surface area contributed by atoms with E-state index in [1.807, 2.05) is 30.3 Å². The molecule has 25 heavy (non-hydrogen) atoms. The van der Waals surface area contributed by atoms with E-state index in [1.165, 1.54) is 0 Å². The predicted octanol–water partition coefficient (Wildman–Crippen LogP) is 3.86. The number of carbonyl (C=O) groups excluding carboxylic acids is 1. The van der Waals surface area contributed by atoms with E-state index < -0.39 is 11.9 Å². The Kier molecular flexibility index (Phi) is 5.30. The first-order valence-electron chi connectivity index (χ1n) is 7.95. The lowest BCUT2D eigenvalue weighted by molar-refractivity contribution is -0.141. The van der Waals surface area contributed by atoms with Crippen LogP contribution in [0.25, 0.3) is 0 Å². The molecule has 0 spiro atoms. The molecule has 1 saturated heterocycles. The van der Waals surface area contributed by atoms with Crippen LogP contribution in [0.5, 0.6) is 0 Å². The number of hydrogen-bond donors (Lipinski definition) is 1. The SMILES string of the molecule is O=C(O)[C@@H]1CN(C(=O)Cc2ccc(Cl)c(Cl)c2)C[C@@H]1c1ccccc1. The summed E-state index contributed by atoms with van der Waals surface area (Å²) in [6.45, 7) is 0.621. The molecule has 1 N–H and O–H groups in total. The third-order valence-electron chi connectivity index (χ3n) is 4.56. The van der Waals surface area contributed by atoms with Gasteiger partial charge in [-0.05, 0) is 23.3 Å². The third-order valence-corrected chi connectivity index (χ3v) is 5.30. The molecule has 0 aromatic heterocycles. The van der Waals surface area contributed by atoms with Crippen molar-refractivity contribution < 1.29 is 14.7 Å². The lowest BCUT2D eigenvalue weighted by Crippen LogP contribution is -2.31. The lowest BCUT2D eigenvalue weighted by Gasteiger charge is -2.17. The molecule has 1 fully saturated rings. The molecule has 6 heteroatoms. The largest absolute Gasteiger partial charge is 0.481 e. The van der Waals surface area contributed by atoms with E-state index in [1.54, 1.807) is 23.1 Å². The van der Waals surface area contributed by atoms with Crippen LogP contribution in [0.1, 0.15) is 17.0 Å². The van der Waals surface area contributed by atoms with Crippen molar-refractivity contribution in [2.75, 3.05) is 13.1 Å². The predicted molar refractivity (Wildman–Crippen MR) is 97.1 cm³/mol. The number of hydrogen-bond acceptors (Lipinski definition) is 2. The summed E-state index contributed by atoms with van der Waals surface area (Å²) in [5, 5.41) is 10.4. The van der Waals surface area contributed by atoms with Gasteiger partial charge in [0.25, 0.3) is 0 Å². The van der Waals surface area contributed by atoms with Crippen molar-refractivity contribution in [1.29, 1.82) is 0 Å². The highest BCUT2D eigenvalue weighted by Crippen LogP contribution is 2.33.